The van der Waals surface area contributed by atoms with Gasteiger partial charge in [-0.3, -0.25) is 0 Å². The summed E-state index contributed by atoms with van der Waals surface area (Å²) in [6, 6.07) is 75.8. The first-order valence-corrected chi connectivity index (χ1v) is 18.4. The van der Waals surface area contributed by atoms with E-state index in [1.54, 1.807) is 0 Å². The highest BCUT2D eigenvalue weighted by atomic mass is 16.3. The molecule has 1 heterocycles. The Bertz CT molecular complexity index is 2910. The van der Waals surface area contributed by atoms with Crippen molar-refractivity contribution >= 4 is 49.8 Å². The van der Waals surface area contributed by atoms with Crippen molar-refractivity contribution in [1.82, 2.24) is 0 Å². The molecule has 0 N–H and O–H groups in total. The number of hydrogen-bond acceptors (Lipinski definition) is 2. The summed E-state index contributed by atoms with van der Waals surface area (Å²) in [7, 11) is 0. The first kappa shape index (κ1) is 31.6. The fraction of sp³-hybridized carbons (Fsp3) is 0. The van der Waals surface area contributed by atoms with Crippen LogP contribution in [0.4, 0.5) is 17.1 Å². The number of anilines is 3. The Hall–Kier alpha value is -7.16. The summed E-state index contributed by atoms with van der Waals surface area (Å²) in [5, 5.41) is 4.72. The molecule has 9 aromatic carbocycles. The zero-order valence-corrected chi connectivity index (χ0v) is 29.6. The second-order valence-electron chi connectivity index (χ2n) is 13.7. The average molecular weight is 690 g/mol. The predicted octanol–water partition coefficient (Wildman–Crippen LogP) is 14.9. The molecule has 0 amide bonds. The maximum absolute atomic E-state index is 6.64. The summed E-state index contributed by atoms with van der Waals surface area (Å²) in [6.45, 7) is 0. The van der Waals surface area contributed by atoms with Gasteiger partial charge in [-0.1, -0.05) is 170 Å². The van der Waals surface area contributed by atoms with E-state index in [0.717, 1.165) is 44.6 Å². The minimum absolute atomic E-state index is 0.862. The molecule has 0 fully saturated rings. The lowest BCUT2D eigenvalue weighted by molar-refractivity contribution is 0.669. The topological polar surface area (TPSA) is 16.4 Å². The number of para-hydroxylation sites is 2. The van der Waals surface area contributed by atoms with Gasteiger partial charge in [0.15, 0.2) is 5.58 Å². The van der Waals surface area contributed by atoms with Gasteiger partial charge in [-0.15, -0.1) is 0 Å². The smallest absolute Gasteiger partial charge is 0.159 e. The van der Waals surface area contributed by atoms with Crippen LogP contribution < -0.4 is 4.90 Å². The molecule has 0 aliphatic heterocycles. The Morgan fingerprint density at radius 1 is 0.315 bits per heavy atom. The summed E-state index contributed by atoms with van der Waals surface area (Å²) in [5.41, 5.74) is 14.3. The Morgan fingerprint density at radius 3 is 1.61 bits per heavy atom. The first-order chi connectivity index (χ1) is 26.8. The summed E-state index contributed by atoms with van der Waals surface area (Å²) in [5.74, 6) is 0. The summed E-state index contributed by atoms with van der Waals surface area (Å²) >= 11 is 0. The van der Waals surface area contributed by atoms with Crippen LogP contribution in [0.2, 0.25) is 0 Å². The van der Waals surface area contributed by atoms with Gasteiger partial charge in [-0.25, -0.2) is 0 Å². The highest BCUT2D eigenvalue weighted by Gasteiger charge is 2.21. The van der Waals surface area contributed by atoms with Crippen molar-refractivity contribution in [2.75, 3.05) is 4.90 Å². The van der Waals surface area contributed by atoms with Gasteiger partial charge >= 0.3 is 0 Å². The van der Waals surface area contributed by atoms with Gasteiger partial charge in [0.1, 0.15) is 5.58 Å². The van der Waals surface area contributed by atoms with Crippen molar-refractivity contribution < 1.29 is 4.42 Å². The van der Waals surface area contributed by atoms with E-state index >= 15 is 0 Å². The molecule has 1 aromatic heterocycles. The minimum atomic E-state index is 0.862. The maximum atomic E-state index is 6.64. The van der Waals surface area contributed by atoms with Crippen molar-refractivity contribution in [1.29, 1.82) is 0 Å². The maximum Gasteiger partial charge on any atom is 0.159 e. The van der Waals surface area contributed by atoms with Crippen molar-refractivity contribution in [3.63, 3.8) is 0 Å². The van der Waals surface area contributed by atoms with Crippen molar-refractivity contribution in [3.8, 4) is 44.5 Å². The molecule has 0 bridgehead atoms. The second kappa shape index (κ2) is 13.4. The Morgan fingerprint density at radius 2 is 0.870 bits per heavy atom. The Kier molecular flexibility index (Phi) is 7.85. The molecule has 2 heteroatoms. The fourth-order valence-corrected chi connectivity index (χ4v) is 7.76. The summed E-state index contributed by atoms with van der Waals surface area (Å²) in [6.07, 6.45) is 0. The zero-order chi connectivity index (χ0) is 35.8. The van der Waals surface area contributed by atoms with E-state index in [-0.39, 0.29) is 0 Å². The molecule has 10 rings (SSSR count). The number of hydrogen-bond donors (Lipinski definition) is 0. The predicted molar refractivity (Wildman–Crippen MR) is 228 cm³/mol. The molecule has 254 valence electrons. The highest BCUT2D eigenvalue weighted by molar-refractivity contribution is 6.10. The molecule has 2 nitrogen and oxygen atoms in total. The van der Waals surface area contributed by atoms with Crippen LogP contribution in [-0.4, -0.2) is 0 Å². The normalized spacial score (nSPS) is 11.3. The van der Waals surface area contributed by atoms with Crippen LogP contribution in [0.5, 0.6) is 0 Å². The van der Waals surface area contributed by atoms with Gasteiger partial charge in [-0.05, 0) is 97.7 Å². The highest BCUT2D eigenvalue weighted by Crippen LogP contribution is 2.45. The number of nitrogens with zero attached hydrogens (tertiary/aromatic N) is 1. The van der Waals surface area contributed by atoms with Crippen molar-refractivity contribution in [2.24, 2.45) is 0 Å². The fourth-order valence-electron chi connectivity index (χ4n) is 7.76. The number of rotatable bonds is 7. The molecule has 0 aliphatic rings. The van der Waals surface area contributed by atoms with Gasteiger partial charge in [0.25, 0.3) is 0 Å². The van der Waals surface area contributed by atoms with Crippen LogP contribution >= 0.6 is 0 Å². The van der Waals surface area contributed by atoms with E-state index in [4.69, 9.17) is 4.42 Å². The third kappa shape index (κ3) is 5.71. The third-order valence-electron chi connectivity index (χ3n) is 10.5. The quantitative estimate of drug-likeness (QED) is 0.166. The molecule has 54 heavy (non-hydrogen) atoms. The summed E-state index contributed by atoms with van der Waals surface area (Å²) in [4.78, 5) is 2.33. The second-order valence-corrected chi connectivity index (χ2v) is 13.7. The van der Waals surface area contributed by atoms with E-state index in [1.807, 2.05) is 12.1 Å². The lowest BCUT2D eigenvalue weighted by Gasteiger charge is -2.27. The van der Waals surface area contributed by atoms with Gasteiger partial charge < -0.3 is 9.32 Å². The number of furan rings is 1. The van der Waals surface area contributed by atoms with E-state index in [2.05, 4.69) is 205 Å². The number of fused-ring (bicyclic) bond motifs is 4. The minimum Gasteiger partial charge on any atom is -0.454 e. The van der Waals surface area contributed by atoms with Crippen molar-refractivity contribution in [2.45, 2.75) is 0 Å². The largest absolute Gasteiger partial charge is 0.454 e. The Balaban J connectivity index is 1.09. The van der Waals surface area contributed by atoms with Gasteiger partial charge in [0, 0.05) is 22.1 Å². The van der Waals surface area contributed by atoms with Crippen LogP contribution in [0.1, 0.15) is 0 Å². The van der Waals surface area contributed by atoms with Crippen LogP contribution in [0.25, 0.3) is 77.2 Å². The van der Waals surface area contributed by atoms with Gasteiger partial charge in [0.05, 0.1) is 5.69 Å². The molecule has 0 saturated carbocycles. The van der Waals surface area contributed by atoms with Crippen LogP contribution in [0.3, 0.4) is 0 Å². The van der Waals surface area contributed by atoms with E-state index in [1.165, 1.54) is 49.7 Å². The molecule has 10 aromatic rings. The van der Waals surface area contributed by atoms with Crippen LogP contribution in [-0.2, 0) is 0 Å². The monoisotopic (exact) mass is 689 g/mol. The molecule has 0 saturated heterocycles. The molecular weight excluding hydrogens is 655 g/mol. The van der Waals surface area contributed by atoms with Gasteiger partial charge in [0.2, 0.25) is 0 Å². The van der Waals surface area contributed by atoms with E-state index in [9.17, 15) is 0 Å². The van der Waals surface area contributed by atoms with Gasteiger partial charge in [-0.2, -0.15) is 0 Å². The zero-order valence-electron chi connectivity index (χ0n) is 29.6. The van der Waals surface area contributed by atoms with Crippen LogP contribution in [0.15, 0.2) is 217 Å². The Labute approximate surface area is 314 Å². The standard InChI is InChI=1S/C52H35NO/c1-3-13-40(14-4-1)46-33-32-45(35-49(46)41-15-5-2-6-16-41)53(50-20-11-19-48-47-18-9-10-21-51(47)54-52(48)50)44-30-28-38(29-31-44)37-22-24-39(25-23-37)43-27-26-36-12-7-8-17-42(36)34-43/h1-35H. The molecular formula is C52H35NO. The first-order valence-electron chi connectivity index (χ1n) is 18.4. The lowest BCUT2D eigenvalue weighted by atomic mass is 9.93. The molecule has 0 radical (unpaired) electrons. The SMILES string of the molecule is c1ccc(-c2ccc(N(c3ccc(-c4ccc(-c5ccc6ccccc6c5)cc4)cc3)c3cccc4c3oc3ccccc34)cc2-c2ccccc2)cc1. The number of benzene rings is 9. The average Bonchev–Trinajstić information content (AvgIpc) is 3.64. The molecule has 0 aliphatic carbocycles. The lowest BCUT2D eigenvalue weighted by Crippen LogP contribution is -2.10. The molecule has 0 unspecified atom stereocenters. The van der Waals surface area contributed by atoms with E-state index in [0.29, 0.717) is 0 Å². The van der Waals surface area contributed by atoms with Crippen LogP contribution in [0, 0.1) is 0 Å². The van der Waals surface area contributed by atoms with Crippen molar-refractivity contribution in [3.05, 3.63) is 212 Å². The molecule has 0 atom stereocenters. The third-order valence-corrected chi connectivity index (χ3v) is 10.5. The van der Waals surface area contributed by atoms with E-state index < -0.39 is 0 Å². The molecule has 0 spiro atoms. The summed E-state index contributed by atoms with van der Waals surface area (Å²) < 4.78 is 6.64.